The summed E-state index contributed by atoms with van der Waals surface area (Å²) in [6.07, 6.45) is 0. The summed E-state index contributed by atoms with van der Waals surface area (Å²) < 4.78 is 8.61. The molecule has 1 aromatic heterocycles. The van der Waals surface area contributed by atoms with E-state index >= 15 is 0 Å². The van der Waals surface area contributed by atoms with Crippen LogP contribution in [0, 0.1) is 6.92 Å². The van der Waals surface area contributed by atoms with Gasteiger partial charge in [-0.2, -0.15) is 0 Å². The van der Waals surface area contributed by atoms with E-state index in [1.54, 1.807) is 11.3 Å². The highest BCUT2D eigenvalue weighted by atomic mass is 32.1. The molecule has 3 nitrogen and oxygen atoms in total. The maximum atomic E-state index is 6.32. The van der Waals surface area contributed by atoms with Gasteiger partial charge in [0.05, 0.1) is 0 Å². The van der Waals surface area contributed by atoms with Crippen LogP contribution in [0.4, 0.5) is 5.00 Å². The van der Waals surface area contributed by atoms with Crippen LogP contribution in [0.3, 0.4) is 0 Å². The Morgan fingerprint density at radius 2 is 1.59 bits per heavy atom. The van der Waals surface area contributed by atoms with Crippen molar-refractivity contribution < 1.29 is 9.30 Å². The van der Waals surface area contributed by atoms with Gasteiger partial charge in [-0.3, -0.25) is 0 Å². The molecule has 0 bridgehead atoms. The zero-order valence-electron chi connectivity index (χ0n) is 17.0. The van der Waals surface area contributed by atoms with Crippen molar-refractivity contribution in [2.45, 2.75) is 53.1 Å². The largest absolute Gasteiger partial charge is 0.438 e. The average Bonchev–Trinajstić information content (AvgIpc) is 2.94. The fourth-order valence-corrected chi connectivity index (χ4v) is 4.31. The van der Waals surface area contributed by atoms with Gasteiger partial charge in [0.1, 0.15) is 5.75 Å². The van der Waals surface area contributed by atoms with Crippen LogP contribution in [-0.4, -0.2) is 5.54 Å². The number of aromatic nitrogens is 1. The first kappa shape index (κ1) is 19.4. The lowest BCUT2D eigenvalue weighted by molar-refractivity contribution is -0.704. The Kier molecular flexibility index (Phi) is 5.56. The Hall–Kier alpha value is -2.33. The second-order valence-electron chi connectivity index (χ2n) is 8.17. The topological polar surface area (TPSA) is 25.1 Å². The zero-order chi connectivity index (χ0) is 19.6. The first-order valence-corrected chi connectivity index (χ1v) is 10.2. The lowest BCUT2D eigenvalue weighted by Crippen LogP contribution is -2.38. The fourth-order valence-electron chi connectivity index (χ4n) is 2.92. The molecule has 0 saturated carbocycles. The van der Waals surface area contributed by atoms with E-state index in [2.05, 4.69) is 93.9 Å². The Morgan fingerprint density at radius 3 is 2.15 bits per heavy atom. The number of hydrogen-bond donors (Lipinski definition) is 1. The SMILES string of the molecule is Cc1ccc(Oc2sc(NC(C)(C)C)c(-c3ccccc3)[n+]2C(C)C)cc1. The standard InChI is InChI=1S/C23H29N2OS/c1-16(2)25-20(18-10-8-7-9-11-18)21(24-23(4,5)6)27-22(25)26-19-14-12-17(3)13-15-19/h7-16,24H,1-6H3/q+1. The van der Waals surface area contributed by atoms with Crippen molar-refractivity contribution in [1.82, 2.24) is 0 Å². The third-order valence-electron chi connectivity index (χ3n) is 4.12. The highest BCUT2D eigenvalue weighted by Gasteiger charge is 2.33. The molecule has 0 unspecified atom stereocenters. The molecule has 0 aliphatic carbocycles. The molecule has 0 spiro atoms. The number of benzene rings is 2. The van der Waals surface area contributed by atoms with Crippen LogP contribution in [0.2, 0.25) is 0 Å². The third-order valence-corrected chi connectivity index (χ3v) is 5.07. The predicted octanol–water partition coefficient (Wildman–Crippen LogP) is 6.59. The Labute approximate surface area is 166 Å². The Balaban J connectivity index is 2.14. The quantitative estimate of drug-likeness (QED) is 0.504. The van der Waals surface area contributed by atoms with E-state index < -0.39 is 0 Å². The van der Waals surface area contributed by atoms with Gasteiger partial charge in [-0.1, -0.05) is 35.9 Å². The number of thiazole rings is 1. The first-order chi connectivity index (χ1) is 12.7. The third kappa shape index (κ3) is 4.69. The van der Waals surface area contributed by atoms with Gasteiger partial charge in [-0.05, 0) is 77.1 Å². The summed E-state index contributed by atoms with van der Waals surface area (Å²) >= 11 is 1.66. The van der Waals surface area contributed by atoms with Gasteiger partial charge in [0.15, 0.2) is 11.0 Å². The highest BCUT2D eigenvalue weighted by molar-refractivity contribution is 7.17. The predicted molar refractivity (Wildman–Crippen MR) is 115 cm³/mol. The van der Waals surface area contributed by atoms with Crippen LogP contribution in [0.25, 0.3) is 11.3 Å². The normalized spacial score (nSPS) is 11.7. The molecule has 3 rings (SSSR count). The van der Waals surface area contributed by atoms with E-state index in [0.717, 1.165) is 15.9 Å². The summed E-state index contributed by atoms with van der Waals surface area (Å²) in [6, 6.07) is 19.0. The summed E-state index contributed by atoms with van der Waals surface area (Å²) in [7, 11) is 0. The van der Waals surface area contributed by atoms with Crippen molar-refractivity contribution >= 4 is 16.3 Å². The number of ether oxygens (including phenoxy) is 1. The molecule has 1 N–H and O–H groups in total. The molecule has 4 heteroatoms. The second kappa shape index (κ2) is 7.73. The van der Waals surface area contributed by atoms with E-state index in [1.165, 1.54) is 16.8 Å². The van der Waals surface area contributed by atoms with Crippen molar-refractivity contribution in [2.75, 3.05) is 5.32 Å². The van der Waals surface area contributed by atoms with Crippen molar-refractivity contribution in [3.63, 3.8) is 0 Å². The van der Waals surface area contributed by atoms with Gasteiger partial charge in [0.2, 0.25) is 0 Å². The molecule has 0 radical (unpaired) electrons. The first-order valence-electron chi connectivity index (χ1n) is 9.41. The maximum Gasteiger partial charge on any atom is 0.438 e. The second-order valence-corrected chi connectivity index (χ2v) is 9.13. The zero-order valence-corrected chi connectivity index (χ0v) is 17.9. The molecule has 0 amide bonds. The van der Waals surface area contributed by atoms with Gasteiger partial charge in [-0.25, -0.2) is 0 Å². The van der Waals surface area contributed by atoms with Crippen molar-refractivity contribution in [2.24, 2.45) is 0 Å². The molecule has 0 aliphatic heterocycles. The van der Waals surface area contributed by atoms with Gasteiger partial charge < -0.3 is 10.1 Å². The average molecular weight is 382 g/mol. The van der Waals surface area contributed by atoms with Crippen LogP contribution in [-0.2, 0) is 0 Å². The van der Waals surface area contributed by atoms with Gasteiger partial charge in [0, 0.05) is 11.1 Å². The number of nitrogens with zero attached hydrogens (tertiary/aromatic N) is 1. The minimum absolute atomic E-state index is 0.0374. The van der Waals surface area contributed by atoms with Crippen molar-refractivity contribution in [3.8, 4) is 22.2 Å². The summed E-state index contributed by atoms with van der Waals surface area (Å²) in [5, 5.41) is 5.69. The smallest absolute Gasteiger partial charge is 0.397 e. The van der Waals surface area contributed by atoms with E-state index in [4.69, 9.17) is 4.74 Å². The molecule has 142 valence electrons. The van der Waals surface area contributed by atoms with E-state index in [9.17, 15) is 0 Å². The van der Waals surface area contributed by atoms with Gasteiger partial charge in [-0.15, -0.1) is 4.57 Å². The molecule has 0 atom stereocenters. The van der Waals surface area contributed by atoms with Crippen molar-refractivity contribution in [1.29, 1.82) is 0 Å². The lowest BCUT2D eigenvalue weighted by atomic mass is 10.1. The molecule has 27 heavy (non-hydrogen) atoms. The molecule has 2 aromatic carbocycles. The summed E-state index contributed by atoms with van der Waals surface area (Å²) in [5.74, 6) is 0.859. The Morgan fingerprint density at radius 1 is 0.963 bits per heavy atom. The molecule has 1 heterocycles. The molecular formula is C23H29N2OS+. The number of nitrogens with one attached hydrogen (secondary N) is 1. The molecule has 3 aromatic rings. The fraction of sp³-hybridized carbons (Fsp3) is 0.348. The van der Waals surface area contributed by atoms with Crippen LogP contribution < -0.4 is 14.6 Å². The van der Waals surface area contributed by atoms with Crippen LogP contribution in [0.1, 0.15) is 46.2 Å². The van der Waals surface area contributed by atoms with Crippen LogP contribution in [0.15, 0.2) is 54.6 Å². The van der Waals surface area contributed by atoms with E-state index in [1.807, 2.05) is 12.1 Å². The summed E-state index contributed by atoms with van der Waals surface area (Å²) in [5.41, 5.74) is 3.55. The van der Waals surface area contributed by atoms with Crippen LogP contribution >= 0.6 is 11.3 Å². The van der Waals surface area contributed by atoms with Crippen LogP contribution in [0.5, 0.6) is 10.9 Å². The monoisotopic (exact) mass is 381 g/mol. The van der Waals surface area contributed by atoms with E-state index in [0.29, 0.717) is 0 Å². The van der Waals surface area contributed by atoms with Gasteiger partial charge >= 0.3 is 5.19 Å². The highest BCUT2D eigenvalue weighted by Crippen LogP contribution is 2.39. The minimum atomic E-state index is -0.0374. The number of aryl methyl sites for hydroxylation is 1. The Bertz CT molecular complexity index is 891. The molecule has 0 aliphatic rings. The van der Waals surface area contributed by atoms with Gasteiger partial charge in [0.25, 0.3) is 5.69 Å². The molecular weight excluding hydrogens is 352 g/mol. The summed E-state index contributed by atoms with van der Waals surface area (Å²) in [4.78, 5) is 0. The number of rotatable bonds is 5. The number of hydrogen-bond acceptors (Lipinski definition) is 3. The number of anilines is 1. The molecule has 0 saturated heterocycles. The lowest BCUT2D eigenvalue weighted by Gasteiger charge is -2.20. The summed E-state index contributed by atoms with van der Waals surface area (Å²) in [6.45, 7) is 13.0. The maximum absolute atomic E-state index is 6.32. The van der Waals surface area contributed by atoms with Crippen molar-refractivity contribution in [3.05, 3.63) is 60.2 Å². The van der Waals surface area contributed by atoms with E-state index in [-0.39, 0.29) is 11.6 Å². The molecule has 0 fully saturated rings. The minimum Gasteiger partial charge on any atom is -0.397 e.